The maximum atomic E-state index is 4.43. The molecule has 0 unspecified atom stereocenters. The molecule has 0 atom stereocenters. The van der Waals surface area contributed by atoms with Gasteiger partial charge in [0.1, 0.15) is 5.82 Å². The Morgan fingerprint density at radius 2 is 2.25 bits per heavy atom. The fourth-order valence-electron chi connectivity index (χ4n) is 1.79. The normalized spacial score (nSPS) is 20.7. The number of hydrogen-bond donors (Lipinski definition) is 1. The Labute approximate surface area is 96.4 Å². The van der Waals surface area contributed by atoms with Crippen molar-refractivity contribution in [1.29, 1.82) is 0 Å². The van der Waals surface area contributed by atoms with E-state index in [0.717, 1.165) is 25.2 Å². The van der Waals surface area contributed by atoms with Crippen molar-refractivity contribution >= 4 is 11.5 Å². The minimum Gasteiger partial charge on any atom is -0.306 e. The third-order valence-corrected chi connectivity index (χ3v) is 2.78. The third kappa shape index (κ3) is 3.31. The molecular weight excluding hydrogens is 200 g/mol. The monoisotopic (exact) mass is 218 g/mol. The average Bonchev–Trinajstić information content (AvgIpc) is 2.53. The molecule has 0 bridgehead atoms. The fraction of sp³-hybridized carbons (Fsp3) is 0.500. The van der Waals surface area contributed by atoms with Crippen molar-refractivity contribution < 1.29 is 0 Å². The van der Waals surface area contributed by atoms with Crippen LogP contribution in [0.5, 0.6) is 0 Å². The van der Waals surface area contributed by atoms with Gasteiger partial charge in [-0.2, -0.15) is 5.10 Å². The molecule has 0 radical (unpaired) electrons. The van der Waals surface area contributed by atoms with Gasteiger partial charge in [-0.25, -0.2) is 4.98 Å². The van der Waals surface area contributed by atoms with E-state index in [2.05, 4.69) is 27.5 Å². The van der Waals surface area contributed by atoms with Crippen molar-refractivity contribution in [2.45, 2.75) is 19.3 Å². The van der Waals surface area contributed by atoms with Crippen molar-refractivity contribution in [1.82, 2.24) is 9.88 Å². The van der Waals surface area contributed by atoms with Crippen LogP contribution in [-0.4, -0.2) is 35.7 Å². The Bertz CT molecular complexity index is 347. The zero-order valence-corrected chi connectivity index (χ0v) is 9.69. The Hall–Kier alpha value is -1.42. The summed E-state index contributed by atoms with van der Waals surface area (Å²) >= 11 is 0. The molecule has 4 nitrogen and oxygen atoms in total. The lowest BCUT2D eigenvalue weighted by atomic mass is 10.2. The summed E-state index contributed by atoms with van der Waals surface area (Å²) < 4.78 is 0. The molecule has 1 fully saturated rings. The number of nitrogens with one attached hydrogen (secondary N) is 1. The van der Waals surface area contributed by atoms with Crippen LogP contribution >= 0.6 is 0 Å². The fourth-order valence-corrected chi connectivity index (χ4v) is 1.79. The Morgan fingerprint density at radius 3 is 3.06 bits per heavy atom. The van der Waals surface area contributed by atoms with E-state index in [9.17, 15) is 0 Å². The molecule has 0 aromatic carbocycles. The van der Waals surface area contributed by atoms with E-state index in [1.807, 2.05) is 18.2 Å². The molecule has 0 saturated carbocycles. The van der Waals surface area contributed by atoms with Crippen LogP contribution in [0, 0.1) is 0 Å². The molecule has 0 spiro atoms. The first kappa shape index (κ1) is 11.1. The zero-order chi connectivity index (χ0) is 11.2. The second-order valence-electron chi connectivity index (χ2n) is 4.16. The Balaban J connectivity index is 1.92. The molecule has 1 aliphatic heterocycles. The predicted molar refractivity (Wildman–Crippen MR) is 66.6 cm³/mol. The highest BCUT2D eigenvalue weighted by atomic mass is 15.3. The summed E-state index contributed by atoms with van der Waals surface area (Å²) in [5.74, 6) is 0.813. The number of anilines is 1. The molecule has 1 aromatic heterocycles. The highest BCUT2D eigenvalue weighted by molar-refractivity contribution is 5.85. The molecule has 0 amide bonds. The van der Waals surface area contributed by atoms with Crippen LogP contribution in [0.25, 0.3) is 0 Å². The summed E-state index contributed by atoms with van der Waals surface area (Å²) in [6.07, 6.45) is 5.10. The van der Waals surface area contributed by atoms with Gasteiger partial charge in [0.25, 0.3) is 0 Å². The van der Waals surface area contributed by atoms with Crippen LogP contribution in [0.2, 0.25) is 0 Å². The number of aromatic nitrogens is 1. The summed E-state index contributed by atoms with van der Waals surface area (Å²) in [4.78, 5) is 6.52. The van der Waals surface area contributed by atoms with Crippen molar-refractivity contribution in [3.05, 3.63) is 24.4 Å². The van der Waals surface area contributed by atoms with Crippen LogP contribution in [0.3, 0.4) is 0 Å². The molecule has 0 aliphatic carbocycles. The van der Waals surface area contributed by atoms with Gasteiger partial charge in [0, 0.05) is 24.9 Å². The lowest BCUT2D eigenvalue weighted by molar-refractivity contribution is 0.352. The number of hydrogen-bond acceptors (Lipinski definition) is 4. The third-order valence-electron chi connectivity index (χ3n) is 2.78. The lowest BCUT2D eigenvalue weighted by Crippen LogP contribution is -2.18. The summed E-state index contributed by atoms with van der Waals surface area (Å²) in [6, 6.07) is 5.78. The summed E-state index contributed by atoms with van der Waals surface area (Å²) in [5.41, 5.74) is 4.26. The van der Waals surface area contributed by atoms with Crippen LogP contribution in [-0.2, 0) is 0 Å². The van der Waals surface area contributed by atoms with E-state index < -0.39 is 0 Å². The minimum atomic E-state index is 0.813. The summed E-state index contributed by atoms with van der Waals surface area (Å²) in [6.45, 7) is 2.27. The van der Waals surface area contributed by atoms with Gasteiger partial charge in [-0.15, -0.1) is 0 Å². The van der Waals surface area contributed by atoms with Crippen LogP contribution in [0.4, 0.5) is 5.82 Å². The first-order valence-electron chi connectivity index (χ1n) is 5.75. The topological polar surface area (TPSA) is 40.5 Å². The van der Waals surface area contributed by atoms with E-state index in [-0.39, 0.29) is 0 Å². The highest BCUT2D eigenvalue weighted by Crippen LogP contribution is 2.07. The van der Waals surface area contributed by atoms with Crippen molar-refractivity contribution in [3.8, 4) is 0 Å². The Morgan fingerprint density at radius 1 is 1.31 bits per heavy atom. The van der Waals surface area contributed by atoms with E-state index in [4.69, 9.17) is 0 Å². The number of hydrazone groups is 1. The van der Waals surface area contributed by atoms with Crippen molar-refractivity contribution in [3.63, 3.8) is 0 Å². The van der Waals surface area contributed by atoms with Gasteiger partial charge in [0.2, 0.25) is 0 Å². The number of nitrogens with zero attached hydrogens (tertiary/aromatic N) is 3. The van der Waals surface area contributed by atoms with Gasteiger partial charge in [0.05, 0.1) is 0 Å². The number of pyridine rings is 1. The second kappa shape index (κ2) is 5.61. The molecule has 86 valence electrons. The maximum absolute atomic E-state index is 4.43. The molecule has 1 aromatic rings. The molecule has 16 heavy (non-hydrogen) atoms. The average molecular weight is 218 g/mol. The minimum absolute atomic E-state index is 0.813. The van der Waals surface area contributed by atoms with Crippen molar-refractivity contribution in [2.24, 2.45) is 5.10 Å². The molecule has 2 heterocycles. The van der Waals surface area contributed by atoms with E-state index in [0.29, 0.717) is 0 Å². The smallest absolute Gasteiger partial charge is 0.146 e. The SMILES string of the molecule is CN1CCC/C(=N\Nc2ccccn2)CC1. The Kier molecular flexibility index (Phi) is 3.88. The van der Waals surface area contributed by atoms with E-state index >= 15 is 0 Å². The van der Waals surface area contributed by atoms with Gasteiger partial charge >= 0.3 is 0 Å². The molecule has 4 heteroatoms. The first-order valence-corrected chi connectivity index (χ1v) is 5.75. The molecular formula is C12H18N4. The van der Waals surface area contributed by atoms with Gasteiger partial charge in [0.15, 0.2) is 0 Å². The molecule has 1 saturated heterocycles. The van der Waals surface area contributed by atoms with E-state index in [1.165, 1.54) is 18.7 Å². The standard InChI is InChI=1S/C12H18N4/c1-16-9-4-5-11(7-10-16)14-15-12-6-2-3-8-13-12/h2-3,6,8H,4-5,7,9-10H2,1H3,(H,13,15)/b14-11+. The summed E-state index contributed by atoms with van der Waals surface area (Å²) in [5, 5.41) is 4.43. The number of rotatable bonds is 2. The van der Waals surface area contributed by atoms with Gasteiger partial charge in [-0.05, 0) is 38.6 Å². The highest BCUT2D eigenvalue weighted by Gasteiger charge is 2.09. The predicted octanol–water partition coefficient (Wildman–Crippen LogP) is 1.97. The van der Waals surface area contributed by atoms with E-state index in [1.54, 1.807) is 6.20 Å². The second-order valence-corrected chi connectivity index (χ2v) is 4.16. The van der Waals surface area contributed by atoms with Crippen LogP contribution in [0.1, 0.15) is 19.3 Å². The molecule has 1 N–H and O–H groups in total. The lowest BCUT2D eigenvalue weighted by Gasteiger charge is -2.10. The van der Waals surface area contributed by atoms with Crippen LogP contribution in [0.15, 0.2) is 29.5 Å². The van der Waals surface area contributed by atoms with Crippen LogP contribution < -0.4 is 5.43 Å². The van der Waals surface area contributed by atoms with Gasteiger partial charge < -0.3 is 4.90 Å². The zero-order valence-electron chi connectivity index (χ0n) is 9.69. The molecule has 2 rings (SSSR count). The summed E-state index contributed by atoms with van der Waals surface area (Å²) in [7, 11) is 2.16. The van der Waals surface area contributed by atoms with Gasteiger partial charge in [-0.1, -0.05) is 6.07 Å². The quantitative estimate of drug-likeness (QED) is 0.771. The maximum Gasteiger partial charge on any atom is 0.146 e. The largest absolute Gasteiger partial charge is 0.306 e. The van der Waals surface area contributed by atoms with Crippen molar-refractivity contribution in [2.75, 3.05) is 25.6 Å². The molecule has 1 aliphatic rings. The van der Waals surface area contributed by atoms with Gasteiger partial charge in [-0.3, -0.25) is 5.43 Å². The number of likely N-dealkylation sites (tertiary alicyclic amines) is 1. The first-order chi connectivity index (χ1) is 7.84.